The number of nitrogens with two attached hydrogens (primary N) is 1. The third-order valence-corrected chi connectivity index (χ3v) is 3.82. The Kier molecular flexibility index (Phi) is 9.81. The second-order valence-corrected chi connectivity index (χ2v) is 6.81. The van der Waals surface area contributed by atoms with Crippen molar-refractivity contribution in [1.82, 2.24) is 16.0 Å². The van der Waals surface area contributed by atoms with E-state index in [0.29, 0.717) is 0 Å². The normalized spacial score (nSPS) is 15.7. The maximum absolute atomic E-state index is 12.1. The summed E-state index contributed by atoms with van der Waals surface area (Å²) in [5.74, 6) is -3.79. The van der Waals surface area contributed by atoms with Gasteiger partial charge in [-0.2, -0.15) is 0 Å². The van der Waals surface area contributed by atoms with Gasteiger partial charge in [-0.15, -0.1) is 0 Å². The molecule has 0 heterocycles. The highest BCUT2D eigenvalue weighted by Crippen LogP contribution is 2.03. The third-order valence-electron chi connectivity index (χ3n) is 3.82. The van der Waals surface area contributed by atoms with Crippen LogP contribution in [-0.4, -0.2) is 64.7 Å². The summed E-state index contributed by atoms with van der Waals surface area (Å²) >= 11 is 0. The van der Waals surface area contributed by atoms with Gasteiger partial charge in [0, 0.05) is 0 Å². The standard InChI is InChI=1S/C16H30N4O6/c1-7(2)11(17)15(24)18-9(5)13(22)19-10(6-21)14(23)20-12(8(3)4)16(25)26/h7-12,21H,6,17H2,1-5H3,(H,18,24)(H,19,22)(H,20,23)(H,25,26). The van der Waals surface area contributed by atoms with Crippen LogP contribution in [0.4, 0.5) is 0 Å². The Balaban J connectivity index is 4.83. The molecule has 0 aromatic rings. The molecule has 0 aliphatic heterocycles. The molecular formula is C16H30N4O6. The first-order chi connectivity index (χ1) is 11.9. The monoisotopic (exact) mass is 374 g/mol. The van der Waals surface area contributed by atoms with Crippen molar-refractivity contribution in [1.29, 1.82) is 0 Å². The quantitative estimate of drug-likeness (QED) is 0.261. The first-order valence-corrected chi connectivity index (χ1v) is 8.42. The van der Waals surface area contributed by atoms with Crippen molar-refractivity contribution in [2.45, 2.75) is 58.8 Å². The molecule has 0 aliphatic carbocycles. The van der Waals surface area contributed by atoms with Gasteiger partial charge in [0.2, 0.25) is 17.7 Å². The molecule has 10 heteroatoms. The van der Waals surface area contributed by atoms with Gasteiger partial charge in [0.05, 0.1) is 12.6 Å². The number of carbonyl (C=O) groups is 4. The van der Waals surface area contributed by atoms with Crippen molar-refractivity contribution in [2.24, 2.45) is 17.6 Å². The number of aliphatic hydroxyl groups is 1. The van der Waals surface area contributed by atoms with E-state index in [0.717, 1.165) is 0 Å². The first-order valence-electron chi connectivity index (χ1n) is 8.42. The Morgan fingerprint density at radius 3 is 1.77 bits per heavy atom. The number of nitrogens with one attached hydrogen (secondary N) is 3. The zero-order valence-electron chi connectivity index (χ0n) is 15.8. The summed E-state index contributed by atoms with van der Waals surface area (Å²) in [7, 11) is 0. The highest BCUT2D eigenvalue weighted by molar-refractivity contribution is 5.94. The Hall–Kier alpha value is -2.20. The molecule has 4 atom stereocenters. The van der Waals surface area contributed by atoms with Crippen LogP contribution in [0.2, 0.25) is 0 Å². The number of hydrogen-bond acceptors (Lipinski definition) is 6. The summed E-state index contributed by atoms with van der Waals surface area (Å²) in [6, 6.07) is -4.28. The van der Waals surface area contributed by atoms with E-state index in [1.807, 2.05) is 0 Å². The van der Waals surface area contributed by atoms with E-state index in [9.17, 15) is 24.3 Å². The fourth-order valence-electron chi connectivity index (χ4n) is 1.94. The fraction of sp³-hybridized carbons (Fsp3) is 0.750. The zero-order valence-corrected chi connectivity index (χ0v) is 15.8. The molecule has 10 nitrogen and oxygen atoms in total. The molecule has 0 radical (unpaired) electrons. The minimum Gasteiger partial charge on any atom is -0.480 e. The summed E-state index contributed by atoms with van der Waals surface area (Å²) in [6.07, 6.45) is 0. The average Bonchev–Trinajstić information content (AvgIpc) is 2.55. The predicted molar refractivity (Wildman–Crippen MR) is 93.8 cm³/mol. The van der Waals surface area contributed by atoms with Crippen LogP contribution in [0.3, 0.4) is 0 Å². The molecular weight excluding hydrogens is 344 g/mol. The van der Waals surface area contributed by atoms with E-state index in [1.54, 1.807) is 27.7 Å². The average molecular weight is 374 g/mol. The molecule has 150 valence electrons. The number of hydrogen-bond donors (Lipinski definition) is 6. The topological polar surface area (TPSA) is 171 Å². The van der Waals surface area contributed by atoms with E-state index >= 15 is 0 Å². The highest BCUT2D eigenvalue weighted by atomic mass is 16.4. The molecule has 0 bridgehead atoms. The molecule has 0 saturated carbocycles. The molecule has 7 N–H and O–H groups in total. The number of carbonyl (C=O) groups excluding carboxylic acids is 3. The SMILES string of the molecule is CC(NC(=O)C(N)C(C)C)C(=O)NC(CO)C(=O)NC(C(=O)O)C(C)C. The Labute approximate surface area is 152 Å². The lowest BCUT2D eigenvalue weighted by molar-refractivity contribution is -0.143. The maximum atomic E-state index is 12.1. The van der Waals surface area contributed by atoms with Crippen LogP contribution >= 0.6 is 0 Å². The van der Waals surface area contributed by atoms with Crippen molar-refractivity contribution >= 4 is 23.7 Å². The molecule has 0 rings (SSSR count). The number of aliphatic hydroxyl groups excluding tert-OH is 1. The molecule has 0 aromatic carbocycles. The van der Waals surface area contributed by atoms with Crippen LogP contribution < -0.4 is 21.7 Å². The second kappa shape index (κ2) is 10.7. The van der Waals surface area contributed by atoms with Crippen molar-refractivity contribution in [2.75, 3.05) is 6.61 Å². The summed E-state index contributed by atoms with van der Waals surface area (Å²) < 4.78 is 0. The summed E-state index contributed by atoms with van der Waals surface area (Å²) in [6.45, 7) is 7.42. The predicted octanol–water partition coefficient (Wildman–Crippen LogP) is -1.82. The fourth-order valence-corrected chi connectivity index (χ4v) is 1.94. The van der Waals surface area contributed by atoms with Crippen LogP contribution in [0.1, 0.15) is 34.6 Å². The van der Waals surface area contributed by atoms with Gasteiger partial charge in [0.1, 0.15) is 18.1 Å². The van der Waals surface area contributed by atoms with E-state index in [2.05, 4.69) is 16.0 Å². The molecule has 0 spiro atoms. The molecule has 0 aromatic heterocycles. The van der Waals surface area contributed by atoms with E-state index in [4.69, 9.17) is 10.8 Å². The lowest BCUT2D eigenvalue weighted by Gasteiger charge is -2.24. The minimum atomic E-state index is -1.35. The lowest BCUT2D eigenvalue weighted by Crippen LogP contribution is -2.58. The molecule has 26 heavy (non-hydrogen) atoms. The van der Waals surface area contributed by atoms with Crippen LogP contribution in [0.25, 0.3) is 0 Å². The number of amides is 3. The van der Waals surface area contributed by atoms with Crippen LogP contribution in [0.5, 0.6) is 0 Å². The van der Waals surface area contributed by atoms with Gasteiger partial charge in [-0.3, -0.25) is 14.4 Å². The third kappa shape index (κ3) is 7.36. The lowest BCUT2D eigenvalue weighted by atomic mass is 10.0. The Bertz CT molecular complexity index is 523. The zero-order chi connectivity index (χ0) is 20.6. The summed E-state index contributed by atoms with van der Waals surface area (Å²) in [5, 5.41) is 25.4. The number of carboxylic acids is 1. The highest BCUT2D eigenvalue weighted by Gasteiger charge is 2.29. The van der Waals surface area contributed by atoms with Gasteiger partial charge in [0.25, 0.3) is 0 Å². The molecule has 0 saturated heterocycles. The van der Waals surface area contributed by atoms with Crippen LogP contribution in [0.15, 0.2) is 0 Å². The van der Waals surface area contributed by atoms with Gasteiger partial charge in [-0.25, -0.2) is 4.79 Å². The van der Waals surface area contributed by atoms with Crippen LogP contribution in [0, 0.1) is 11.8 Å². The van der Waals surface area contributed by atoms with Gasteiger partial charge in [-0.05, 0) is 18.8 Å². The van der Waals surface area contributed by atoms with Crippen LogP contribution in [-0.2, 0) is 19.2 Å². The molecule has 4 unspecified atom stereocenters. The molecule has 0 aliphatic rings. The van der Waals surface area contributed by atoms with Crippen molar-refractivity contribution in [3.8, 4) is 0 Å². The van der Waals surface area contributed by atoms with Gasteiger partial charge < -0.3 is 31.9 Å². The molecule has 0 fully saturated rings. The second-order valence-electron chi connectivity index (χ2n) is 6.81. The summed E-state index contributed by atoms with van der Waals surface area (Å²) in [4.78, 5) is 47.2. The Morgan fingerprint density at radius 1 is 0.846 bits per heavy atom. The number of carboxylic acid groups (broad SMARTS) is 1. The smallest absolute Gasteiger partial charge is 0.326 e. The number of aliphatic carboxylic acids is 1. The number of rotatable bonds is 10. The van der Waals surface area contributed by atoms with Gasteiger partial charge in [-0.1, -0.05) is 27.7 Å². The first kappa shape index (κ1) is 23.8. The molecule has 3 amide bonds. The van der Waals surface area contributed by atoms with Gasteiger partial charge >= 0.3 is 5.97 Å². The van der Waals surface area contributed by atoms with E-state index in [-0.39, 0.29) is 11.8 Å². The Morgan fingerprint density at radius 2 is 1.38 bits per heavy atom. The maximum Gasteiger partial charge on any atom is 0.326 e. The minimum absolute atomic E-state index is 0.120. The van der Waals surface area contributed by atoms with Crippen molar-refractivity contribution < 1.29 is 29.4 Å². The largest absolute Gasteiger partial charge is 0.480 e. The van der Waals surface area contributed by atoms with E-state index in [1.165, 1.54) is 6.92 Å². The van der Waals surface area contributed by atoms with Crippen molar-refractivity contribution in [3.63, 3.8) is 0 Å². The van der Waals surface area contributed by atoms with E-state index < -0.39 is 54.5 Å². The van der Waals surface area contributed by atoms with Crippen molar-refractivity contribution in [3.05, 3.63) is 0 Å². The van der Waals surface area contributed by atoms with Gasteiger partial charge in [0.15, 0.2) is 0 Å². The summed E-state index contributed by atoms with van der Waals surface area (Å²) in [5.41, 5.74) is 5.69.